The van der Waals surface area contributed by atoms with Gasteiger partial charge in [0.1, 0.15) is 6.04 Å². The summed E-state index contributed by atoms with van der Waals surface area (Å²) in [6, 6.07) is 0.516. The maximum Gasteiger partial charge on any atom is 0.323 e. The van der Waals surface area contributed by atoms with E-state index in [1.54, 1.807) is 0 Å². The largest absolute Gasteiger partial charge is 0.465 e. The third-order valence-corrected chi connectivity index (χ3v) is 4.71. The zero-order chi connectivity index (χ0) is 15.0. The molecule has 0 radical (unpaired) electrons. The number of hydrogen-bond acceptors (Lipinski definition) is 4. The first-order chi connectivity index (χ1) is 9.62. The van der Waals surface area contributed by atoms with Crippen LogP contribution in [0.3, 0.4) is 0 Å². The van der Waals surface area contributed by atoms with E-state index in [1.807, 2.05) is 14.0 Å². The number of nitrogens with one attached hydrogen (secondary N) is 1. The molecule has 1 saturated carbocycles. The second-order valence-corrected chi connectivity index (χ2v) is 5.95. The first-order valence-corrected chi connectivity index (χ1v) is 8.16. The molecule has 0 bridgehead atoms. The maximum absolute atomic E-state index is 11.7. The smallest absolute Gasteiger partial charge is 0.323 e. The monoisotopic (exact) mass is 284 g/mol. The molecule has 0 heterocycles. The number of ether oxygens (including phenoxy) is 1. The van der Waals surface area contributed by atoms with Crippen molar-refractivity contribution in [2.24, 2.45) is 5.92 Å². The van der Waals surface area contributed by atoms with Gasteiger partial charge < -0.3 is 15.0 Å². The average Bonchev–Trinajstić information content (AvgIpc) is 2.48. The molecule has 0 spiro atoms. The molecule has 20 heavy (non-hydrogen) atoms. The Morgan fingerprint density at radius 1 is 1.30 bits per heavy atom. The first-order valence-electron chi connectivity index (χ1n) is 8.16. The third-order valence-electron chi connectivity index (χ3n) is 4.71. The predicted octanol–water partition coefficient (Wildman–Crippen LogP) is 2.43. The number of rotatable bonds is 8. The summed E-state index contributed by atoms with van der Waals surface area (Å²) in [5, 5.41) is 3.06. The lowest BCUT2D eigenvalue weighted by atomic mass is 9.84. The Morgan fingerprint density at radius 3 is 2.45 bits per heavy atom. The molecule has 1 fully saturated rings. The normalized spacial score (nSPS) is 24.6. The van der Waals surface area contributed by atoms with E-state index in [-0.39, 0.29) is 12.0 Å². The maximum atomic E-state index is 11.7. The van der Waals surface area contributed by atoms with Crippen molar-refractivity contribution < 1.29 is 9.53 Å². The second kappa shape index (κ2) is 9.35. The molecular weight excluding hydrogens is 252 g/mol. The van der Waals surface area contributed by atoms with E-state index in [0.29, 0.717) is 12.6 Å². The molecule has 118 valence electrons. The number of carbonyl (C=O) groups is 1. The lowest BCUT2D eigenvalue weighted by molar-refractivity contribution is -0.145. The van der Waals surface area contributed by atoms with Crippen LogP contribution < -0.4 is 5.32 Å². The van der Waals surface area contributed by atoms with Crippen LogP contribution in [0.1, 0.15) is 52.4 Å². The summed E-state index contributed by atoms with van der Waals surface area (Å²) in [5.74, 6) is 0.808. The zero-order valence-electron chi connectivity index (χ0n) is 13.7. The lowest BCUT2D eigenvalue weighted by Gasteiger charge is -2.35. The van der Waals surface area contributed by atoms with Gasteiger partial charge in [-0.05, 0) is 59.0 Å². The summed E-state index contributed by atoms with van der Waals surface area (Å²) in [7, 11) is 4.02. The van der Waals surface area contributed by atoms with Crippen molar-refractivity contribution >= 4 is 5.97 Å². The van der Waals surface area contributed by atoms with Crippen molar-refractivity contribution in [2.75, 3.05) is 27.2 Å². The molecule has 4 nitrogen and oxygen atoms in total. The van der Waals surface area contributed by atoms with Crippen LogP contribution in [0.4, 0.5) is 0 Å². The van der Waals surface area contributed by atoms with Crippen molar-refractivity contribution in [1.82, 2.24) is 10.2 Å². The van der Waals surface area contributed by atoms with E-state index >= 15 is 0 Å². The molecule has 0 saturated heterocycles. The van der Waals surface area contributed by atoms with Crippen LogP contribution >= 0.6 is 0 Å². The molecule has 0 aliphatic heterocycles. The molecule has 1 atom stereocenters. The highest BCUT2D eigenvalue weighted by atomic mass is 16.5. The molecule has 1 rings (SSSR count). The fraction of sp³-hybridized carbons (Fsp3) is 0.938. The van der Waals surface area contributed by atoms with Gasteiger partial charge in [-0.15, -0.1) is 0 Å². The Balaban J connectivity index is 2.31. The summed E-state index contributed by atoms with van der Waals surface area (Å²) in [4.78, 5) is 14.2. The van der Waals surface area contributed by atoms with Crippen LogP contribution in [0, 0.1) is 5.92 Å². The first kappa shape index (κ1) is 17.4. The van der Waals surface area contributed by atoms with E-state index in [2.05, 4.69) is 24.2 Å². The van der Waals surface area contributed by atoms with E-state index in [9.17, 15) is 4.79 Å². The molecule has 0 aromatic carbocycles. The van der Waals surface area contributed by atoms with E-state index in [0.717, 1.165) is 18.9 Å². The molecule has 1 N–H and O–H groups in total. The van der Waals surface area contributed by atoms with Crippen LogP contribution in [-0.4, -0.2) is 50.2 Å². The van der Waals surface area contributed by atoms with Gasteiger partial charge in [0.05, 0.1) is 6.61 Å². The van der Waals surface area contributed by atoms with Gasteiger partial charge in [0, 0.05) is 12.6 Å². The minimum absolute atomic E-state index is 0.127. The van der Waals surface area contributed by atoms with Crippen molar-refractivity contribution in [3.05, 3.63) is 0 Å². The van der Waals surface area contributed by atoms with Crippen LogP contribution in [0.25, 0.3) is 0 Å². The van der Waals surface area contributed by atoms with Gasteiger partial charge in [-0.3, -0.25) is 4.79 Å². The third kappa shape index (κ3) is 5.41. The standard InChI is InChI=1S/C16H32N2O2/c1-5-13-7-9-14(10-8-13)18(4)12-11-15(17-3)16(19)20-6-2/h13-15,17H,5-12H2,1-4H3. The molecule has 1 unspecified atom stereocenters. The minimum Gasteiger partial charge on any atom is -0.465 e. The quantitative estimate of drug-likeness (QED) is 0.695. The highest BCUT2D eigenvalue weighted by Gasteiger charge is 2.24. The number of hydrogen-bond donors (Lipinski definition) is 1. The zero-order valence-corrected chi connectivity index (χ0v) is 13.7. The van der Waals surface area contributed by atoms with Crippen molar-refractivity contribution in [2.45, 2.75) is 64.5 Å². The molecule has 4 heteroatoms. The van der Waals surface area contributed by atoms with Gasteiger partial charge in [-0.1, -0.05) is 13.3 Å². The van der Waals surface area contributed by atoms with Gasteiger partial charge in [0.2, 0.25) is 0 Å². The van der Waals surface area contributed by atoms with Gasteiger partial charge in [-0.25, -0.2) is 0 Å². The van der Waals surface area contributed by atoms with E-state index in [1.165, 1.54) is 32.1 Å². The number of carbonyl (C=O) groups excluding carboxylic acids is 1. The average molecular weight is 284 g/mol. The Morgan fingerprint density at radius 2 is 1.95 bits per heavy atom. The highest BCUT2D eigenvalue weighted by molar-refractivity contribution is 5.75. The van der Waals surface area contributed by atoms with E-state index in [4.69, 9.17) is 4.74 Å². The molecule has 1 aliphatic rings. The van der Waals surface area contributed by atoms with Crippen molar-refractivity contribution in [3.8, 4) is 0 Å². The van der Waals surface area contributed by atoms with Gasteiger partial charge >= 0.3 is 5.97 Å². The van der Waals surface area contributed by atoms with Crippen molar-refractivity contribution in [1.29, 1.82) is 0 Å². The van der Waals surface area contributed by atoms with Gasteiger partial charge in [0.15, 0.2) is 0 Å². The summed E-state index contributed by atoms with van der Waals surface area (Å²) < 4.78 is 5.08. The SMILES string of the molecule is CCOC(=O)C(CCN(C)C1CCC(CC)CC1)NC. The summed E-state index contributed by atoms with van der Waals surface area (Å²) in [5.41, 5.74) is 0. The fourth-order valence-electron chi connectivity index (χ4n) is 3.13. The van der Waals surface area contributed by atoms with Crippen LogP contribution in [0.15, 0.2) is 0 Å². The molecule has 0 amide bonds. The van der Waals surface area contributed by atoms with Gasteiger partial charge in [-0.2, -0.15) is 0 Å². The highest BCUT2D eigenvalue weighted by Crippen LogP contribution is 2.28. The summed E-state index contributed by atoms with van der Waals surface area (Å²) in [6.45, 7) is 5.55. The summed E-state index contributed by atoms with van der Waals surface area (Å²) >= 11 is 0. The van der Waals surface area contributed by atoms with E-state index < -0.39 is 0 Å². The molecule has 0 aromatic heterocycles. The molecule has 0 aromatic rings. The minimum atomic E-state index is -0.176. The topological polar surface area (TPSA) is 41.6 Å². The summed E-state index contributed by atoms with van der Waals surface area (Å²) in [6.07, 6.45) is 7.47. The van der Waals surface area contributed by atoms with Crippen LogP contribution in [-0.2, 0) is 9.53 Å². The molecular formula is C16H32N2O2. The van der Waals surface area contributed by atoms with Crippen molar-refractivity contribution in [3.63, 3.8) is 0 Å². The Bertz CT molecular complexity index is 276. The predicted molar refractivity (Wildman–Crippen MR) is 82.8 cm³/mol. The number of likely N-dealkylation sites (N-methyl/N-ethyl adjacent to an activating group) is 1. The van der Waals surface area contributed by atoms with Crippen LogP contribution in [0.2, 0.25) is 0 Å². The number of esters is 1. The second-order valence-electron chi connectivity index (χ2n) is 5.95. The fourth-order valence-corrected chi connectivity index (χ4v) is 3.13. The van der Waals surface area contributed by atoms with Crippen LogP contribution in [0.5, 0.6) is 0 Å². The Kier molecular flexibility index (Phi) is 8.15. The Labute approximate surface area is 124 Å². The Hall–Kier alpha value is -0.610. The van der Waals surface area contributed by atoms with Gasteiger partial charge in [0.25, 0.3) is 0 Å². The number of nitrogens with zero attached hydrogens (tertiary/aromatic N) is 1. The molecule has 1 aliphatic carbocycles. The lowest BCUT2D eigenvalue weighted by Crippen LogP contribution is -2.41.